The molecule has 0 radical (unpaired) electrons. The summed E-state index contributed by atoms with van der Waals surface area (Å²) < 4.78 is 10.5. The number of hydrogen-bond donors (Lipinski definition) is 0. The second kappa shape index (κ2) is 6.26. The van der Waals surface area contributed by atoms with Crippen LogP contribution in [-0.4, -0.2) is 12.4 Å². The molecule has 0 N–H and O–H groups in total. The molecule has 0 spiro atoms. The van der Waals surface area contributed by atoms with Crippen molar-refractivity contribution in [1.29, 1.82) is 0 Å². The van der Waals surface area contributed by atoms with Gasteiger partial charge in [0.1, 0.15) is 16.9 Å². The first-order valence-electron chi connectivity index (χ1n) is 7.09. The zero-order valence-corrected chi connectivity index (χ0v) is 13.1. The van der Waals surface area contributed by atoms with Gasteiger partial charge in [-0.15, -0.1) is 0 Å². The van der Waals surface area contributed by atoms with E-state index >= 15 is 0 Å². The van der Waals surface area contributed by atoms with Crippen LogP contribution < -0.4 is 10.4 Å². The van der Waals surface area contributed by atoms with Crippen molar-refractivity contribution in [3.63, 3.8) is 0 Å². The summed E-state index contributed by atoms with van der Waals surface area (Å²) in [5, 5.41) is 1.11. The minimum Gasteiger partial charge on any atom is -0.494 e. The van der Waals surface area contributed by atoms with Crippen molar-refractivity contribution in [3.05, 3.63) is 75.1 Å². The molecular weight excluding hydrogens is 316 g/mol. The van der Waals surface area contributed by atoms with Gasteiger partial charge in [-0.1, -0.05) is 11.6 Å². The molecule has 0 aliphatic heterocycles. The van der Waals surface area contributed by atoms with Crippen LogP contribution in [0.2, 0.25) is 5.02 Å². The molecule has 0 aliphatic rings. The molecule has 3 aromatic rings. The van der Waals surface area contributed by atoms with Gasteiger partial charge in [-0.25, -0.2) is 4.79 Å². The fraction of sp³-hybridized carbons (Fsp3) is 0.111. The van der Waals surface area contributed by atoms with Crippen LogP contribution in [0.5, 0.6) is 5.75 Å². The monoisotopic (exact) mass is 328 g/mol. The summed E-state index contributed by atoms with van der Waals surface area (Å²) in [4.78, 5) is 24.6. The van der Waals surface area contributed by atoms with E-state index in [4.69, 9.17) is 20.8 Å². The number of ether oxygens (including phenoxy) is 1. The molecule has 3 rings (SSSR count). The number of fused-ring (bicyclic) bond motifs is 1. The lowest BCUT2D eigenvalue weighted by Gasteiger charge is -2.05. The van der Waals surface area contributed by atoms with Crippen LogP contribution in [0.4, 0.5) is 0 Å². The highest BCUT2D eigenvalue weighted by atomic mass is 35.5. The van der Waals surface area contributed by atoms with Gasteiger partial charge in [0, 0.05) is 16.0 Å². The van der Waals surface area contributed by atoms with Gasteiger partial charge in [-0.05, 0) is 55.5 Å². The van der Waals surface area contributed by atoms with E-state index in [0.717, 1.165) is 0 Å². The van der Waals surface area contributed by atoms with Crippen molar-refractivity contribution in [2.75, 3.05) is 6.61 Å². The maximum Gasteiger partial charge on any atom is 0.347 e. The first-order valence-corrected chi connectivity index (χ1v) is 7.47. The largest absolute Gasteiger partial charge is 0.494 e. The van der Waals surface area contributed by atoms with Crippen molar-refractivity contribution in [2.45, 2.75) is 6.92 Å². The van der Waals surface area contributed by atoms with Crippen molar-refractivity contribution in [3.8, 4) is 5.75 Å². The first kappa shape index (κ1) is 15.3. The molecule has 23 heavy (non-hydrogen) atoms. The Morgan fingerprint density at radius 2 is 1.87 bits per heavy atom. The Balaban J connectivity index is 2.03. The number of carbonyl (C=O) groups is 1. The third-order valence-electron chi connectivity index (χ3n) is 3.37. The summed E-state index contributed by atoms with van der Waals surface area (Å²) in [6, 6.07) is 13.0. The summed E-state index contributed by atoms with van der Waals surface area (Å²) >= 11 is 5.94. The number of hydrogen-bond acceptors (Lipinski definition) is 4. The summed E-state index contributed by atoms with van der Waals surface area (Å²) in [6.45, 7) is 2.42. The molecule has 0 unspecified atom stereocenters. The normalized spacial score (nSPS) is 10.7. The predicted octanol–water partition coefficient (Wildman–Crippen LogP) is 4.08. The summed E-state index contributed by atoms with van der Waals surface area (Å²) in [5.74, 6) is 0.269. The highest BCUT2D eigenvalue weighted by Gasteiger charge is 2.16. The van der Waals surface area contributed by atoms with Crippen LogP contribution in [0, 0.1) is 0 Å². The molecule has 4 nitrogen and oxygen atoms in total. The molecule has 0 amide bonds. The quantitative estimate of drug-likeness (QED) is 0.535. The molecule has 0 bridgehead atoms. The van der Waals surface area contributed by atoms with Crippen molar-refractivity contribution < 1.29 is 13.9 Å². The van der Waals surface area contributed by atoms with E-state index in [9.17, 15) is 9.59 Å². The molecular formula is C18H13ClO4. The van der Waals surface area contributed by atoms with Gasteiger partial charge in [0.05, 0.1) is 6.61 Å². The zero-order valence-electron chi connectivity index (χ0n) is 12.3. The van der Waals surface area contributed by atoms with E-state index in [1.165, 1.54) is 6.07 Å². The highest BCUT2D eigenvalue weighted by molar-refractivity contribution is 6.31. The van der Waals surface area contributed by atoms with Crippen molar-refractivity contribution >= 4 is 28.4 Å². The topological polar surface area (TPSA) is 56.5 Å². The first-order chi connectivity index (χ1) is 11.1. The molecule has 2 aromatic carbocycles. The fourth-order valence-electron chi connectivity index (χ4n) is 2.28. The minimum atomic E-state index is -0.668. The van der Waals surface area contributed by atoms with Gasteiger partial charge < -0.3 is 9.15 Å². The molecule has 0 saturated carbocycles. The third-order valence-corrected chi connectivity index (χ3v) is 3.60. The van der Waals surface area contributed by atoms with E-state index in [2.05, 4.69) is 0 Å². The molecule has 0 aliphatic carbocycles. The lowest BCUT2D eigenvalue weighted by molar-refractivity contribution is 0.103. The van der Waals surface area contributed by atoms with Crippen LogP contribution >= 0.6 is 11.6 Å². The van der Waals surface area contributed by atoms with Crippen molar-refractivity contribution in [2.24, 2.45) is 0 Å². The number of carbonyl (C=O) groups excluding carboxylic acids is 1. The highest BCUT2D eigenvalue weighted by Crippen LogP contribution is 2.20. The Labute approximate surface area is 137 Å². The second-order valence-corrected chi connectivity index (χ2v) is 5.35. The maximum absolute atomic E-state index is 12.5. The molecule has 0 atom stereocenters. The minimum absolute atomic E-state index is 0.0241. The molecule has 0 fully saturated rings. The average Bonchev–Trinajstić information content (AvgIpc) is 2.55. The Bertz CT molecular complexity index is 926. The Kier molecular flexibility index (Phi) is 4.17. The van der Waals surface area contributed by atoms with E-state index in [0.29, 0.717) is 33.9 Å². The van der Waals surface area contributed by atoms with E-state index in [1.807, 2.05) is 6.92 Å². The molecule has 0 saturated heterocycles. The Morgan fingerprint density at radius 1 is 1.13 bits per heavy atom. The molecule has 1 aromatic heterocycles. The zero-order chi connectivity index (χ0) is 16.4. The summed E-state index contributed by atoms with van der Waals surface area (Å²) in [7, 11) is 0. The maximum atomic E-state index is 12.5. The van der Waals surface area contributed by atoms with Crippen LogP contribution in [-0.2, 0) is 0 Å². The van der Waals surface area contributed by atoms with Gasteiger partial charge in [0.2, 0.25) is 0 Å². The second-order valence-electron chi connectivity index (χ2n) is 4.92. The lowest BCUT2D eigenvalue weighted by Crippen LogP contribution is -2.14. The third kappa shape index (κ3) is 3.12. The van der Waals surface area contributed by atoms with E-state index in [1.54, 1.807) is 42.5 Å². The van der Waals surface area contributed by atoms with Gasteiger partial charge in [0.15, 0.2) is 5.78 Å². The SMILES string of the molecule is CCOc1ccc(C(=O)c2cc3cc(Cl)ccc3oc2=O)cc1. The van der Waals surface area contributed by atoms with Gasteiger partial charge in [-0.2, -0.15) is 0 Å². The fourth-order valence-corrected chi connectivity index (χ4v) is 2.46. The number of ketones is 1. The van der Waals surface area contributed by atoms with Crippen LogP contribution in [0.3, 0.4) is 0 Å². The van der Waals surface area contributed by atoms with Crippen LogP contribution in [0.25, 0.3) is 11.0 Å². The summed E-state index contributed by atoms with van der Waals surface area (Å²) in [6.07, 6.45) is 0. The smallest absolute Gasteiger partial charge is 0.347 e. The van der Waals surface area contributed by atoms with Crippen molar-refractivity contribution in [1.82, 2.24) is 0 Å². The Hall–Kier alpha value is -2.59. The van der Waals surface area contributed by atoms with Gasteiger partial charge in [0.25, 0.3) is 0 Å². The Morgan fingerprint density at radius 3 is 2.57 bits per heavy atom. The van der Waals surface area contributed by atoms with Gasteiger partial charge in [-0.3, -0.25) is 4.79 Å². The van der Waals surface area contributed by atoms with E-state index in [-0.39, 0.29) is 5.56 Å². The summed E-state index contributed by atoms with van der Waals surface area (Å²) in [5.41, 5.74) is 0.0902. The van der Waals surface area contributed by atoms with Crippen LogP contribution in [0.15, 0.2) is 57.7 Å². The molecule has 1 heterocycles. The predicted molar refractivity (Wildman–Crippen MR) is 88.5 cm³/mol. The average molecular weight is 329 g/mol. The van der Waals surface area contributed by atoms with Gasteiger partial charge >= 0.3 is 5.63 Å². The lowest BCUT2D eigenvalue weighted by atomic mass is 10.0. The molecule has 116 valence electrons. The molecule has 5 heteroatoms. The standard InChI is InChI=1S/C18H13ClO4/c1-2-22-14-6-3-11(4-7-14)17(20)15-10-12-9-13(19)5-8-16(12)23-18(15)21/h3-10H,2H2,1H3. The number of benzene rings is 2. The van der Waals surface area contributed by atoms with E-state index < -0.39 is 11.4 Å². The number of rotatable bonds is 4. The van der Waals surface area contributed by atoms with Crippen LogP contribution in [0.1, 0.15) is 22.8 Å². The number of halogens is 1.